The molecule has 0 aliphatic heterocycles. The molecule has 0 amide bonds. The molecule has 4 nitrogen and oxygen atoms in total. The predicted molar refractivity (Wildman–Crippen MR) is 82.5 cm³/mol. The molecule has 0 aliphatic carbocycles. The number of sulfone groups is 1. The fourth-order valence-electron chi connectivity index (χ4n) is 2.15. The van der Waals surface area contributed by atoms with Crippen LogP contribution in [-0.4, -0.2) is 37.7 Å². The number of aliphatic hydroxyl groups is 1. The Morgan fingerprint density at radius 1 is 1.35 bits per heavy atom. The Hall–Kier alpha value is -0.910. The number of hydrogen-bond donors (Lipinski definition) is 2. The molecule has 0 saturated heterocycles. The fourth-order valence-corrected chi connectivity index (χ4v) is 3.29. The van der Waals surface area contributed by atoms with E-state index < -0.39 is 20.5 Å². The number of aliphatic hydroxyl groups excluding tert-OH is 1. The van der Waals surface area contributed by atoms with Crippen LogP contribution in [0.3, 0.4) is 0 Å². The van der Waals surface area contributed by atoms with Crippen molar-refractivity contribution in [1.29, 1.82) is 0 Å². The summed E-state index contributed by atoms with van der Waals surface area (Å²) in [4.78, 5) is 0. The van der Waals surface area contributed by atoms with Crippen molar-refractivity contribution in [2.45, 2.75) is 37.9 Å². The highest BCUT2D eigenvalue weighted by molar-refractivity contribution is 7.91. The van der Waals surface area contributed by atoms with Crippen molar-refractivity contribution in [3.05, 3.63) is 35.4 Å². The van der Waals surface area contributed by atoms with Gasteiger partial charge >= 0.3 is 0 Å². The van der Waals surface area contributed by atoms with Gasteiger partial charge in [-0.2, -0.15) is 0 Å². The summed E-state index contributed by atoms with van der Waals surface area (Å²) in [6, 6.07) is 7.73. The number of benzene rings is 1. The average Bonchev–Trinajstić information content (AvgIpc) is 2.40. The van der Waals surface area contributed by atoms with Crippen LogP contribution in [0, 0.1) is 6.92 Å². The van der Waals surface area contributed by atoms with Crippen molar-refractivity contribution in [3.63, 3.8) is 0 Å². The van der Waals surface area contributed by atoms with Crippen molar-refractivity contribution in [2.75, 3.05) is 18.9 Å². The molecule has 5 heteroatoms. The van der Waals surface area contributed by atoms with E-state index in [1.807, 2.05) is 31.2 Å². The molecule has 0 aromatic heterocycles. The number of hydrogen-bond acceptors (Lipinski definition) is 4. The Balaban J connectivity index is 3.05. The zero-order valence-corrected chi connectivity index (χ0v) is 13.3. The zero-order chi connectivity index (χ0) is 15.4. The van der Waals surface area contributed by atoms with E-state index in [0.717, 1.165) is 11.1 Å². The second kappa shape index (κ2) is 6.70. The summed E-state index contributed by atoms with van der Waals surface area (Å²) in [5.41, 5.74) is 7.14. The van der Waals surface area contributed by atoms with E-state index in [-0.39, 0.29) is 18.9 Å². The van der Waals surface area contributed by atoms with Gasteiger partial charge in [0.1, 0.15) is 0 Å². The minimum atomic E-state index is -3.14. The van der Waals surface area contributed by atoms with E-state index in [2.05, 4.69) is 0 Å². The Bertz CT molecular complexity index is 534. The van der Waals surface area contributed by atoms with Crippen LogP contribution in [0.1, 0.15) is 31.4 Å². The first kappa shape index (κ1) is 17.1. The van der Waals surface area contributed by atoms with Crippen LogP contribution in [0.5, 0.6) is 0 Å². The molecule has 0 bridgehead atoms. The van der Waals surface area contributed by atoms with Crippen LogP contribution in [0.25, 0.3) is 0 Å². The zero-order valence-electron chi connectivity index (χ0n) is 12.5. The summed E-state index contributed by atoms with van der Waals surface area (Å²) < 4.78 is 24.0. The Kier molecular flexibility index (Phi) is 5.74. The molecule has 0 spiro atoms. The lowest BCUT2D eigenvalue weighted by Gasteiger charge is -2.31. The van der Waals surface area contributed by atoms with Gasteiger partial charge in [0.25, 0.3) is 0 Å². The average molecular weight is 299 g/mol. The Morgan fingerprint density at radius 3 is 2.45 bits per heavy atom. The minimum Gasteiger partial charge on any atom is -0.395 e. The summed E-state index contributed by atoms with van der Waals surface area (Å²) in [7, 11) is -3.14. The molecule has 3 N–H and O–H groups in total. The third kappa shape index (κ3) is 3.81. The Labute approximate surface area is 121 Å². The summed E-state index contributed by atoms with van der Waals surface area (Å²) in [5.74, 6) is 0.0381. The summed E-state index contributed by atoms with van der Waals surface area (Å²) in [6.07, 6.45) is 0.337. The van der Waals surface area contributed by atoms with E-state index in [1.165, 1.54) is 0 Å². The van der Waals surface area contributed by atoms with E-state index in [1.54, 1.807) is 13.8 Å². The third-order valence-corrected chi connectivity index (χ3v) is 6.12. The highest BCUT2D eigenvalue weighted by atomic mass is 32.2. The van der Waals surface area contributed by atoms with Crippen LogP contribution in [0.15, 0.2) is 24.3 Å². The number of nitrogens with two attached hydrogens (primary N) is 1. The largest absolute Gasteiger partial charge is 0.395 e. The molecule has 20 heavy (non-hydrogen) atoms. The van der Waals surface area contributed by atoms with E-state index in [9.17, 15) is 13.5 Å². The highest BCUT2D eigenvalue weighted by Crippen LogP contribution is 2.28. The van der Waals surface area contributed by atoms with Crippen molar-refractivity contribution < 1.29 is 13.5 Å². The van der Waals surface area contributed by atoms with Gasteiger partial charge in [-0.15, -0.1) is 0 Å². The van der Waals surface area contributed by atoms with Crippen molar-refractivity contribution in [1.82, 2.24) is 0 Å². The molecule has 1 atom stereocenters. The fraction of sp³-hybridized carbons (Fsp3) is 0.600. The summed E-state index contributed by atoms with van der Waals surface area (Å²) in [5, 5.41) is 9.37. The SMILES string of the molecule is Cc1cccc(C(CN)(CO)CCS(=O)(=O)C(C)C)c1. The molecule has 1 unspecified atom stereocenters. The van der Waals surface area contributed by atoms with Crippen LogP contribution in [0.2, 0.25) is 0 Å². The van der Waals surface area contributed by atoms with E-state index in [4.69, 9.17) is 5.73 Å². The maximum absolute atomic E-state index is 12.0. The van der Waals surface area contributed by atoms with Gasteiger partial charge < -0.3 is 10.8 Å². The molecule has 114 valence electrons. The molecule has 1 aromatic carbocycles. The first-order valence-electron chi connectivity index (χ1n) is 6.87. The third-order valence-electron chi connectivity index (χ3n) is 3.91. The molecule has 1 rings (SSSR count). The number of aryl methyl sites for hydroxylation is 1. The van der Waals surface area contributed by atoms with Gasteiger partial charge in [0.05, 0.1) is 17.6 Å². The van der Waals surface area contributed by atoms with Crippen LogP contribution in [0.4, 0.5) is 0 Å². The monoisotopic (exact) mass is 299 g/mol. The second-order valence-corrected chi connectivity index (χ2v) is 8.35. The first-order valence-corrected chi connectivity index (χ1v) is 8.58. The minimum absolute atomic E-state index is 0.0381. The molecule has 0 fully saturated rings. The van der Waals surface area contributed by atoms with Gasteiger partial charge in [0.15, 0.2) is 9.84 Å². The lowest BCUT2D eigenvalue weighted by molar-refractivity contribution is 0.193. The summed E-state index contributed by atoms with van der Waals surface area (Å²) >= 11 is 0. The van der Waals surface area contributed by atoms with E-state index in [0.29, 0.717) is 6.42 Å². The van der Waals surface area contributed by atoms with Crippen molar-refractivity contribution in [2.24, 2.45) is 5.73 Å². The topological polar surface area (TPSA) is 80.4 Å². The van der Waals surface area contributed by atoms with Gasteiger partial charge in [-0.3, -0.25) is 0 Å². The van der Waals surface area contributed by atoms with Gasteiger partial charge in [-0.05, 0) is 32.8 Å². The Morgan fingerprint density at radius 2 is 2.00 bits per heavy atom. The van der Waals surface area contributed by atoms with Crippen LogP contribution < -0.4 is 5.73 Å². The molecule has 0 heterocycles. The van der Waals surface area contributed by atoms with Gasteiger partial charge in [-0.1, -0.05) is 29.8 Å². The lowest BCUT2D eigenvalue weighted by atomic mass is 9.78. The molecule has 0 radical (unpaired) electrons. The second-order valence-electron chi connectivity index (χ2n) is 5.68. The van der Waals surface area contributed by atoms with Gasteiger partial charge in [0.2, 0.25) is 0 Å². The van der Waals surface area contributed by atoms with Gasteiger partial charge in [-0.25, -0.2) is 8.42 Å². The summed E-state index contributed by atoms with van der Waals surface area (Å²) in [6.45, 7) is 5.38. The first-order chi connectivity index (χ1) is 9.27. The molecular formula is C15H25NO3S. The highest BCUT2D eigenvalue weighted by Gasteiger charge is 2.32. The number of rotatable bonds is 7. The normalized spacial score (nSPS) is 15.3. The lowest BCUT2D eigenvalue weighted by Crippen LogP contribution is -2.41. The smallest absolute Gasteiger partial charge is 0.152 e. The molecular weight excluding hydrogens is 274 g/mol. The maximum Gasteiger partial charge on any atom is 0.152 e. The quantitative estimate of drug-likeness (QED) is 0.797. The van der Waals surface area contributed by atoms with Crippen molar-refractivity contribution in [3.8, 4) is 0 Å². The van der Waals surface area contributed by atoms with Crippen molar-refractivity contribution >= 4 is 9.84 Å². The standard InChI is InChI=1S/C15H25NO3S/c1-12(2)20(18,19)8-7-15(10-16,11-17)14-6-4-5-13(3)9-14/h4-6,9,12,17H,7-8,10-11,16H2,1-3H3. The molecule has 1 aromatic rings. The van der Waals surface area contributed by atoms with Crippen LogP contribution >= 0.6 is 0 Å². The van der Waals surface area contributed by atoms with Gasteiger partial charge in [0, 0.05) is 12.0 Å². The predicted octanol–water partition coefficient (Wildman–Crippen LogP) is 1.40. The molecule has 0 saturated carbocycles. The van der Waals surface area contributed by atoms with Crippen LogP contribution in [-0.2, 0) is 15.3 Å². The molecule has 0 aliphatic rings. The van der Waals surface area contributed by atoms with E-state index >= 15 is 0 Å². The maximum atomic E-state index is 12.0.